The van der Waals surface area contributed by atoms with Gasteiger partial charge in [-0.25, -0.2) is 18.1 Å². The van der Waals surface area contributed by atoms with Gasteiger partial charge in [0.1, 0.15) is 5.01 Å². The summed E-state index contributed by atoms with van der Waals surface area (Å²) in [6.07, 6.45) is 2.97. The number of sulfonamides is 1. The molecule has 1 heterocycles. The topological polar surface area (TPSA) is 59.1 Å². The van der Waals surface area contributed by atoms with Gasteiger partial charge in [0.15, 0.2) is 0 Å². The minimum atomic E-state index is -3.17. The summed E-state index contributed by atoms with van der Waals surface area (Å²) < 4.78 is 25.3. The van der Waals surface area contributed by atoms with Gasteiger partial charge in [-0.2, -0.15) is 0 Å². The maximum absolute atomic E-state index is 11.4. The van der Waals surface area contributed by atoms with E-state index in [-0.39, 0.29) is 12.3 Å². The van der Waals surface area contributed by atoms with Crippen molar-refractivity contribution in [1.29, 1.82) is 0 Å². The van der Waals surface area contributed by atoms with E-state index in [2.05, 4.69) is 9.71 Å². The highest BCUT2D eigenvalue weighted by molar-refractivity contribution is 7.89. The first-order valence-electron chi connectivity index (χ1n) is 4.56. The van der Waals surface area contributed by atoms with Crippen LogP contribution in [0, 0.1) is 0 Å². The highest BCUT2D eigenvalue weighted by Gasteiger charge is 2.09. The molecule has 1 N–H and O–H groups in total. The molecule has 0 saturated carbocycles. The quantitative estimate of drug-likeness (QED) is 0.603. The summed E-state index contributed by atoms with van der Waals surface area (Å²) in [4.78, 5) is 3.99. The molecule has 0 saturated heterocycles. The second-order valence-corrected chi connectivity index (χ2v) is 6.25. The van der Waals surface area contributed by atoms with Gasteiger partial charge in [-0.3, -0.25) is 0 Å². The second-order valence-electron chi connectivity index (χ2n) is 2.96. The van der Waals surface area contributed by atoms with Crippen LogP contribution in [0.1, 0.15) is 17.8 Å². The molecule has 86 valence electrons. The number of thiazole rings is 1. The lowest BCUT2D eigenvalue weighted by atomic mass is 10.4. The van der Waals surface area contributed by atoms with Gasteiger partial charge in [-0.1, -0.05) is 0 Å². The third-order valence-electron chi connectivity index (χ3n) is 1.72. The Labute approximate surface area is 98.7 Å². The van der Waals surface area contributed by atoms with Crippen LogP contribution in [0.5, 0.6) is 0 Å². The molecule has 0 aliphatic heterocycles. The Morgan fingerprint density at radius 3 is 2.87 bits per heavy atom. The fourth-order valence-electron chi connectivity index (χ4n) is 0.971. The van der Waals surface area contributed by atoms with E-state index in [0.29, 0.717) is 12.3 Å². The van der Waals surface area contributed by atoms with E-state index in [1.807, 2.05) is 5.38 Å². The van der Waals surface area contributed by atoms with Crippen molar-refractivity contribution in [3.8, 4) is 0 Å². The van der Waals surface area contributed by atoms with Crippen LogP contribution in [0.2, 0.25) is 0 Å². The van der Waals surface area contributed by atoms with Crippen LogP contribution in [-0.4, -0.2) is 25.0 Å². The minimum Gasteiger partial charge on any atom is -0.248 e. The van der Waals surface area contributed by atoms with E-state index in [4.69, 9.17) is 11.6 Å². The van der Waals surface area contributed by atoms with Crippen molar-refractivity contribution in [3.05, 3.63) is 16.6 Å². The Morgan fingerprint density at radius 2 is 2.27 bits per heavy atom. The smallest absolute Gasteiger partial charge is 0.211 e. The Balaban J connectivity index is 2.30. The molecule has 4 nitrogen and oxygen atoms in total. The number of alkyl halides is 1. The normalized spacial score (nSPS) is 11.8. The van der Waals surface area contributed by atoms with Crippen LogP contribution >= 0.6 is 22.9 Å². The summed E-state index contributed by atoms with van der Waals surface area (Å²) >= 11 is 6.90. The molecule has 0 amide bonds. The number of nitrogens with one attached hydrogen (secondary N) is 1. The summed E-state index contributed by atoms with van der Waals surface area (Å²) in [5, 5.41) is 2.59. The lowest BCUT2D eigenvalue weighted by molar-refractivity contribution is 0.578. The zero-order valence-electron chi connectivity index (χ0n) is 8.15. The maximum Gasteiger partial charge on any atom is 0.211 e. The van der Waals surface area contributed by atoms with Crippen LogP contribution in [-0.2, 0) is 16.6 Å². The van der Waals surface area contributed by atoms with Gasteiger partial charge < -0.3 is 0 Å². The first-order valence-corrected chi connectivity index (χ1v) is 7.62. The van der Waals surface area contributed by atoms with Crippen molar-refractivity contribution >= 4 is 33.0 Å². The lowest BCUT2D eigenvalue weighted by Gasteiger charge is -2.03. The van der Waals surface area contributed by atoms with Crippen LogP contribution in [0.3, 0.4) is 0 Å². The summed E-state index contributed by atoms with van der Waals surface area (Å²) in [6, 6.07) is 0. The van der Waals surface area contributed by atoms with Gasteiger partial charge in [0.2, 0.25) is 10.0 Å². The monoisotopic (exact) mass is 268 g/mol. The number of nitrogens with zero attached hydrogens (tertiary/aromatic N) is 1. The van der Waals surface area contributed by atoms with E-state index in [0.717, 1.165) is 11.4 Å². The van der Waals surface area contributed by atoms with Crippen molar-refractivity contribution in [2.24, 2.45) is 0 Å². The van der Waals surface area contributed by atoms with Gasteiger partial charge in [0, 0.05) is 17.5 Å². The van der Waals surface area contributed by atoms with Gasteiger partial charge in [-0.15, -0.1) is 22.9 Å². The SMILES string of the molecule is O=S(=O)(CCCCCl)NCc1nccs1. The largest absolute Gasteiger partial charge is 0.248 e. The molecule has 0 unspecified atom stereocenters. The number of hydrogen-bond donors (Lipinski definition) is 1. The lowest BCUT2D eigenvalue weighted by Crippen LogP contribution is -2.25. The molecule has 0 radical (unpaired) electrons. The maximum atomic E-state index is 11.4. The van der Waals surface area contributed by atoms with Crippen LogP contribution in [0.25, 0.3) is 0 Å². The molecule has 0 aliphatic carbocycles. The van der Waals surface area contributed by atoms with E-state index in [9.17, 15) is 8.42 Å². The molecule has 15 heavy (non-hydrogen) atoms. The fraction of sp³-hybridized carbons (Fsp3) is 0.625. The first kappa shape index (κ1) is 12.9. The van der Waals surface area contributed by atoms with Crippen molar-refractivity contribution < 1.29 is 8.42 Å². The summed E-state index contributed by atoms with van der Waals surface area (Å²) in [7, 11) is -3.17. The zero-order chi connectivity index (χ0) is 11.1. The van der Waals surface area contributed by atoms with E-state index in [1.54, 1.807) is 6.20 Å². The van der Waals surface area contributed by atoms with Crippen LogP contribution in [0.4, 0.5) is 0 Å². The molecule has 1 aromatic heterocycles. The number of rotatable bonds is 7. The van der Waals surface area contributed by atoms with Crippen molar-refractivity contribution in [2.45, 2.75) is 19.4 Å². The molecule has 1 aromatic rings. The number of halogens is 1. The summed E-state index contributed by atoms with van der Waals surface area (Å²) in [5.41, 5.74) is 0. The van der Waals surface area contributed by atoms with E-state index < -0.39 is 10.0 Å². The van der Waals surface area contributed by atoms with E-state index >= 15 is 0 Å². The van der Waals surface area contributed by atoms with Gasteiger partial charge in [-0.05, 0) is 12.8 Å². The Hall–Kier alpha value is -0.170. The molecule has 0 bridgehead atoms. The predicted molar refractivity (Wildman–Crippen MR) is 62.7 cm³/mol. The highest BCUT2D eigenvalue weighted by Crippen LogP contribution is 2.04. The van der Waals surface area contributed by atoms with Crippen molar-refractivity contribution in [3.63, 3.8) is 0 Å². The Morgan fingerprint density at radius 1 is 1.47 bits per heavy atom. The average molecular weight is 269 g/mol. The van der Waals surface area contributed by atoms with Crippen molar-refractivity contribution in [1.82, 2.24) is 9.71 Å². The molecule has 0 aliphatic rings. The predicted octanol–water partition coefficient (Wildman–Crippen LogP) is 1.58. The number of hydrogen-bond acceptors (Lipinski definition) is 4. The zero-order valence-corrected chi connectivity index (χ0v) is 10.5. The van der Waals surface area contributed by atoms with Gasteiger partial charge in [0.05, 0.1) is 12.3 Å². The standard InChI is InChI=1S/C8H13ClN2O2S2/c9-3-1-2-6-15(12,13)11-7-8-10-4-5-14-8/h4-5,11H,1-3,6-7H2. The fourth-order valence-corrected chi connectivity index (χ4v) is 2.89. The third-order valence-corrected chi connectivity index (χ3v) is 4.18. The molecule has 1 rings (SSSR count). The minimum absolute atomic E-state index is 0.130. The third kappa shape index (κ3) is 5.46. The molecule has 0 aromatic carbocycles. The Bertz CT molecular complexity index is 364. The molecule has 0 spiro atoms. The molecule has 0 fully saturated rings. The van der Waals surface area contributed by atoms with Crippen LogP contribution in [0.15, 0.2) is 11.6 Å². The Kier molecular flexibility index (Phi) is 5.52. The van der Waals surface area contributed by atoms with Gasteiger partial charge >= 0.3 is 0 Å². The first-order chi connectivity index (χ1) is 7.14. The average Bonchev–Trinajstić information content (AvgIpc) is 2.68. The van der Waals surface area contributed by atoms with E-state index in [1.165, 1.54) is 11.3 Å². The second kappa shape index (κ2) is 6.42. The molecule has 7 heteroatoms. The number of unbranched alkanes of at least 4 members (excludes halogenated alkanes) is 1. The van der Waals surface area contributed by atoms with Crippen LogP contribution < -0.4 is 4.72 Å². The van der Waals surface area contributed by atoms with Crippen molar-refractivity contribution in [2.75, 3.05) is 11.6 Å². The summed E-state index contributed by atoms with van der Waals surface area (Å²) in [5.74, 6) is 0.632. The molecule has 0 atom stereocenters. The van der Waals surface area contributed by atoms with Gasteiger partial charge in [0.25, 0.3) is 0 Å². The molecular formula is C8H13ClN2O2S2. The highest BCUT2D eigenvalue weighted by atomic mass is 35.5. The molecular weight excluding hydrogens is 256 g/mol. The summed E-state index contributed by atoms with van der Waals surface area (Å²) in [6.45, 7) is 0.279. The number of aromatic nitrogens is 1.